The highest BCUT2D eigenvalue weighted by atomic mass is 32.2. The number of nitrogens with one attached hydrogen (secondary N) is 2. The fourth-order valence-electron chi connectivity index (χ4n) is 2.50. The molecule has 0 saturated carbocycles. The largest absolute Gasteiger partial charge is 0.459 e. The molecule has 3 aromatic heterocycles. The maximum atomic E-state index is 12.2. The molecule has 12 heteroatoms. The maximum absolute atomic E-state index is 12.2. The Hall–Kier alpha value is -2.73. The molecule has 0 aliphatic heterocycles. The van der Waals surface area contributed by atoms with Gasteiger partial charge in [-0.3, -0.25) is 14.9 Å². The summed E-state index contributed by atoms with van der Waals surface area (Å²) in [6.07, 6.45) is 2.22. The van der Waals surface area contributed by atoms with E-state index in [1.807, 2.05) is 25.3 Å². The molecule has 0 aliphatic rings. The number of carbonyl (C=O) groups excluding carboxylic acids is 2. The third-order valence-corrected chi connectivity index (χ3v) is 5.84. The van der Waals surface area contributed by atoms with Crippen molar-refractivity contribution in [2.75, 3.05) is 11.1 Å². The van der Waals surface area contributed by atoms with Crippen LogP contribution in [0.4, 0.5) is 5.13 Å². The van der Waals surface area contributed by atoms with Crippen molar-refractivity contribution >= 4 is 40.0 Å². The van der Waals surface area contributed by atoms with Gasteiger partial charge in [0.25, 0.3) is 5.91 Å². The molecule has 0 saturated heterocycles. The highest BCUT2D eigenvalue weighted by Crippen LogP contribution is 2.22. The van der Waals surface area contributed by atoms with Crippen molar-refractivity contribution < 1.29 is 14.0 Å². The van der Waals surface area contributed by atoms with Crippen molar-refractivity contribution in [1.29, 1.82) is 0 Å². The van der Waals surface area contributed by atoms with Crippen LogP contribution in [-0.4, -0.2) is 42.5 Å². The van der Waals surface area contributed by atoms with Gasteiger partial charge in [-0.2, -0.15) is 0 Å². The fraction of sp³-hybridized carbons (Fsp3) is 0.412. The summed E-state index contributed by atoms with van der Waals surface area (Å²) in [7, 11) is 0. The Balaban J connectivity index is 1.59. The van der Waals surface area contributed by atoms with Crippen LogP contribution in [0.25, 0.3) is 0 Å². The Morgan fingerprint density at radius 3 is 2.76 bits per heavy atom. The van der Waals surface area contributed by atoms with Crippen LogP contribution in [0.2, 0.25) is 0 Å². The number of anilines is 1. The molecule has 0 radical (unpaired) electrons. The molecule has 3 aromatic rings. The molecule has 1 atom stereocenters. The SMILES string of the molecule is CCc1nnc(NC(=O)CSc2nnc([C@@H](C)NC(=O)c3ccco3)n2CC)s1. The van der Waals surface area contributed by atoms with Gasteiger partial charge < -0.3 is 14.3 Å². The molecule has 10 nitrogen and oxygen atoms in total. The van der Waals surface area contributed by atoms with Crippen LogP contribution in [0, 0.1) is 0 Å². The lowest BCUT2D eigenvalue weighted by molar-refractivity contribution is -0.113. The van der Waals surface area contributed by atoms with Crippen LogP contribution >= 0.6 is 23.1 Å². The molecule has 0 spiro atoms. The van der Waals surface area contributed by atoms with Gasteiger partial charge >= 0.3 is 0 Å². The lowest BCUT2D eigenvalue weighted by atomic mass is 10.3. The number of hydrogen-bond acceptors (Lipinski definition) is 9. The molecule has 0 unspecified atom stereocenters. The first-order chi connectivity index (χ1) is 14.0. The highest BCUT2D eigenvalue weighted by molar-refractivity contribution is 7.99. The first kappa shape index (κ1) is 21.0. The molecule has 3 heterocycles. The van der Waals surface area contributed by atoms with Crippen molar-refractivity contribution in [2.24, 2.45) is 0 Å². The lowest BCUT2D eigenvalue weighted by Gasteiger charge is -2.14. The number of aryl methyl sites for hydroxylation is 1. The second-order valence-electron chi connectivity index (χ2n) is 5.95. The zero-order valence-electron chi connectivity index (χ0n) is 16.2. The quantitative estimate of drug-likeness (QED) is 0.491. The molecule has 3 rings (SSSR count). The van der Waals surface area contributed by atoms with Gasteiger partial charge in [0, 0.05) is 6.54 Å². The van der Waals surface area contributed by atoms with E-state index in [9.17, 15) is 9.59 Å². The number of aromatic nitrogens is 5. The van der Waals surface area contributed by atoms with Crippen molar-refractivity contribution in [1.82, 2.24) is 30.3 Å². The minimum Gasteiger partial charge on any atom is -0.459 e. The number of rotatable bonds is 9. The Kier molecular flexibility index (Phi) is 6.99. The summed E-state index contributed by atoms with van der Waals surface area (Å²) in [6.45, 7) is 6.35. The van der Waals surface area contributed by atoms with Gasteiger partial charge in [-0.25, -0.2) is 0 Å². The van der Waals surface area contributed by atoms with Crippen LogP contribution in [0.5, 0.6) is 0 Å². The van der Waals surface area contributed by atoms with Crippen molar-refractivity contribution in [3.05, 3.63) is 35.0 Å². The predicted octanol–water partition coefficient (Wildman–Crippen LogP) is 2.53. The van der Waals surface area contributed by atoms with E-state index in [0.717, 1.165) is 11.4 Å². The number of amides is 2. The van der Waals surface area contributed by atoms with Crippen LogP contribution in [-0.2, 0) is 17.8 Å². The van der Waals surface area contributed by atoms with Crippen molar-refractivity contribution in [2.45, 2.75) is 44.9 Å². The second-order valence-corrected chi connectivity index (χ2v) is 7.95. The Bertz CT molecular complexity index is 968. The van der Waals surface area contributed by atoms with E-state index in [1.54, 1.807) is 12.1 Å². The topological polar surface area (TPSA) is 128 Å². The Morgan fingerprint density at radius 1 is 1.28 bits per heavy atom. The number of hydrogen-bond donors (Lipinski definition) is 2. The predicted molar refractivity (Wildman–Crippen MR) is 109 cm³/mol. The third kappa shape index (κ3) is 5.21. The monoisotopic (exact) mass is 435 g/mol. The fourth-order valence-corrected chi connectivity index (χ4v) is 4.00. The van der Waals surface area contributed by atoms with Gasteiger partial charge in [0.2, 0.25) is 11.0 Å². The molecule has 0 aromatic carbocycles. The average Bonchev–Trinajstić information content (AvgIpc) is 3.45. The lowest BCUT2D eigenvalue weighted by Crippen LogP contribution is -2.28. The van der Waals surface area contributed by atoms with E-state index in [4.69, 9.17) is 4.42 Å². The zero-order valence-corrected chi connectivity index (χ0v) is 17.8. The van der Waals surface area contributed by atoms with E-state index in [0.29, 0.717) is 22.7 Å². The molecule has 2 amide bonds. The minimum absolute atomic E-state index is 0.159. The first-order valence-corrected chi connectivity index (χ1v) is 10.8. The molecule has 0 aliphatic carbocycles. The van der Waals surface area contributed by atoms with Crippen LogP contribution in [0.15, 0.2) is 28.0 Å². The maximum Gasteiger partial charge on any atom is 0.287 e. The summed E-state index contributed by atoms with van der Waals surface area (Å²) in [5, 5.41) is 23.8. The van der Waals surface area contributed by atoms with Gasteiger partial charge in [0.1, 0.15) is 5.01 Å². The van der Waals surface area contributed by atoms with Gasteiger partial charge in [0.05, 0.1) is 18.1 Å². The number of nitrogens with zero attached hydrogens (tertiary/aromatic N) is 5. The van der Waals surface area contributed by atoms with Crippen LogP contribution < -0.4 is 10.6 Å². The molecule has 29 heavy (non-hydrogen) atoms. The van der Waals surface area contributed by atoms with Crippen molar-refractivity contribution in [3.8, 4) is 0 Å². The molecular weight excluding hydrogens is 414 g/mol. The second kappa shape index (κ2) is 9.65. The summed E-state index contributed by atoms with van der Waals surface area (Å²) in [6, 6.07) is 2.87. The number of carbonyl (C=O) groups is 2. The minimum atomic E-state index is -0.378. The molecule has 0 bridgehead atoms. The van der Waals surface area contributed by atoms with Gasteiger partial charge in [-0.1, -0.05) is 30.0 Å². The smallest absolute Gasteiger partial charge is 0.287 e. The highest BCUT2D eigenvalue weighted by Gasteiger charge is 2.21. The van der Waals surface area contributed by atoms with Gasteiger partial charge in [0.15, 0.2) is 16.7 Å². The summed E-state index contributed by atoms with van der Waals surface area (Å²) < 4.78 is 6.97. The zero-order chi connectivity index (χ0) is 20.8. The first-order valence-electron chi connectivity index (χ1n) is 9.04. The van der Waals surface area contributed by atoms with E-state index in [1.165, 1.54) is 29.4 Å². The summed E-state index contributed by atoms with van der Waals surface area (Å²) in [5.41, 5.74) is 0. The molecule has 154 valence electrons. The number of furan rings is 1. The average molecular weight is 436 g/mol. The number of thioether (sulfide) groups is 1. The standard InChI is InChI=1S/C17H21N7O3S2/c1-4-13-20-22-16(29-13)19-12(25)9-28-17-23-21-14(24(17)5-2)10(3)18-15(26)11-7-6-8-27-11/h6-8,10H,4-5,9H2,1-3H3,(H,18,26)(H,19,22,25)/t10-/m1/s1. The molecule has 2 N–H and O–H groups in total. The van der Waals surface area contributed by atoms with Crippen LogP contribution in [0.3, 0.4) is 0 Å². The normalized spacial score (nSPS) is 12.0. The Morgan fingerprint density at radius 2 is 2.10 bits per heavy atom. The molecule has 0 fully saturated rings. The summed E-state index contributed by atoms with van der Waals surface area (Å²) >= 11 is 2.63. The summed E-state index contributed by atoms with van der Waals surface area (Å²) in [5.74, 6) is 0.470. The Labute approximate surface area is 175 Å². The van der Waals surface area contributed by atoms with Crippen molar-refractivity contribution in [3.63, 3.8) is 0 Å². The summed E-state index contributed by atoms with van der Waals surface area (Å²) in [4.78, 5) is 24.4. The molecular formula is C17H21N7O3S2. The van der Waals surface area contributed by atoms with E-state index in [2.05, 4.69) is 31.0 Å². The van der Waals surface area contributed by atoms with Crippen LogP contribution in [0.1, 0.15) is 48.2 Å². The third-order valence-electron chi connectivity index (χ3n) is 3.89. The van der Waals surface area contributed by atoms with Gasteiger partial charge in [-0.05, 0) is 32.4 Å². The van der Waals surface area contributed by atoms with E-state index < -0.39 is 0 Å². The van der Waals surface area contributed by atoms with E-state index in [-0.39, 0.29) is 29.4 Å². The van der Waals surface area contributed by atoms with Gasteiger partial charge in [-0.15, -0.1) is 20.4 Å². The van der Waals surface area contributed by atoms with E-state index >= 15 is 0 Å².